The molecule has 0 saturated carbocycles. The summed E-state index contributed by atoms with van der Waals surface area (Å²) in [4.78, 5) is 0. The van der Waals surface area contributed by atoms with Crippen LogP contribution < -0.4 is 0 Å². The highest BCUT2D eigenvalue weighted by molar-refractivity contribution is 7.86. The molecular formula is C15H32O4S. The van der Waals surface area contributed by atoms with E-state index in [1.54, 1.807) is 0 Å². The summed E-state index contributed by atoms with van der Waals surface area (Å²) in [7, 11) is -3.37. The first-order valence-corrected chi connectivity index (χ1v) is 9.68. The Morgan fingerprint density at radius 3 is 1.80 bits per heavy atom. The SMILES string of the molecule is CCCCCCCCCCCCS(=O)(=O)OCCCO. The molecular weight excluding hydrogens is 276 g/mol. The van der Waals surface area contributed by atoms with E-state index in [0.717, 1.165) is 12.8 Å². The van der Waals surface area contributed by atoms with E-state index in [4.69, 9.17) is 9.29 Å². The minimum absolute atomic E-state index is 0.0340. The average Bonchev–Trinajstić information content (AvgIpc) is 2.41. The predicted octanol–water partition coefficient (Wildman–Crippen LogP) is 3.64. The van der Waals surface area contributed by atoms with Gasteiger partial charge in [0, 0.05) is 6.61 Å². The van der Waals surface area contributed by atoms with Crippen molar-refractivity contribution in [1.82, 2.24) is 0 Å². The van der Waals surface area contributed by atoms with Crippen molar-refractivity contribution in [2.45, 2.75) is 77.6 Å². The Balaban J connectivity index is 3.30. The second-order valence-electron chi connectivity index (χ2n) is 5.34. The molecule has 0 spiro atoms. The maximum Gasteiger partial charge on any atom is 0.267 e. The van der Waals surface area contributed by atoms with Gasteiger partial charge in [-0.2, -0.15) is 8.42 Å². The summed E-state index contributed by atoms with van der Waals surface area (Å²) in [6.07, 6.45) is 12.2. The molecule has 0 amide bonds. The molecule has 0 aliphatic rings. The van der Waals surface area contributed by atoms with Gasteiger partial charge in [0.2, 0.25) is 0 Å². The average molecular weight is 308 g/mol. The number of hydrogen-bond acceptors (Lipinski definition) is 4. The molecule has 0 rings (SSSR count). The van der Waals surface area contributed by atoms with E-state index in [1.165, 1.54) is 44.9 Å². The zero-order valence-corrected chi connectivity index (χ0v) is 13.8. The summed E-state index contributed by atoms with van der Waals surface area (Å²) in [5.41, 5.74) is 0. The van der Waals surface area contributed by atoms with E-state index in [-0.39, 0.29) is 19.0 Å². The second-order valence-corrected chi connectivity index (χ2v) is 7.10. The Bertz CT molecular complexity index is 288. The van der Waals surface area contributed by atoms with Crippen LogP contribution in [0.2, 0.25) is 0 Å². The van der Waals surface area contributed by atoms with Crippen LogP contribution in [0.3, 0.4) is 0 Å². The quantitative estimate of drug-likeness (QED) is 0.370. The van der Waals surface area contributed by atoms with Gasteiger partial charge in [-0.3, -0.25) is 4.18 Å². The zero-order chi connectivity index (χ0) is 15.1. The van der Waals surface area contributed by atoms with E-state index >= 15 is 0 Å². The molecule has 5 heteroatoms. The van der Waals surface area contributed by atoms with Crippen molar-refractivity contribution >= 4 is 10.1 Å². The predicted molar refractivity (Wildman–Crippen MR) is 83.3 cm³/mol. The summed E-state index contributed by atoms with van der Waals surface area (Å²) in [5.74, 6) is 0.106. The third kappa shape index (κ3) is 14.3. The monoisotopic (exact) mass is 308 g/mol. The third-order valence-electron chi connectivity index (χ3n) is 3.31. The fraction of sp³-hybridized carbons (Fsp3) is 1.00. The number of aliphatic hydroxyl groups is 1. The van der Waals surface area contributed by atoms with Crippen LogP contribution in [0, 0.1) is 0 Å². The lowest BCUT2D eigenvalue weighted by molar-refractivity contribution is 0.236. The molecule has 0 heterocycles. The van der Waals surface area contributed by atoms with Gasteiger partial charge < -0.3 is 5.11 Å². The Hall–Kier alpha value is -0.130. The van der Waals surface area contributed by atoms with Crippen molar-refractivity contribution in [1.29, 1.82) is 0 Å². The van der Waals surface area contributed by atoms with E-state index in [2.05, 4.69) is 6.92 Å². The van der Waals surface area contributed by atoms with Gasteiger partial charge in [0.05, 0.1) is 12.4 Å². The molecule has 0 aromatic heterocycles. The summed E-state index contributed by atoms with van der Waals surface area (Å²) in [6.45, 7) is 2.28. The van der Waals surface area contributed by atoms with Gasteiger partial charge in [-0.05, 0) is 12.8 Å². The Morgan fingerprint density at radius 1 is 0.800 bits per heavy atom. The highest BCUT2D eigenvalue weighted by Gasteiger charge is 2.09. The van der Waals surface area contributed by atoms with Gasteiger partial charge in [-0.15, -0.1) is 0 Å². The Labute approximate surface area is 125 Å². The van der Waals surface area contributed by atoms with Crippen molar-refractivity contribution in [3.8, 4) is 0 Å². The number of unbranched alkanes of at least 4 members (excludes halogenated alkanes) is 9. The first kappa shape index (κ1) is 19.9. The lowest BCUT2D eigenvalue weighted by atomic mass is 10.1. The van der Waals surface area contributed by atoms with Crippen molar-refractivity contribution in [2.75, 3.05) is 19.0 Å². The van der Waals surface area contributed by atoms with E-state index in [1.807, 2.05) is 0 Å². The van der Waals surface area contributed by atoms with Gasteiger partial charge in [-0.25, -0.2) is 0 Å². The first-order valence-electron chi connectivity index (χ1n) is 8.10. The second kappa shape index (κ2) is 13.8. The molecule has 0 saturated heterocycles. The van der Waals surface area contributed by atoms with Crippen LogP contribution in [0.25, 0.3) is 0 Å². The first-order chi connectivity index (χ1) is 9.62. The van der Waals surface area contributed by atoms with Crippen LogP contribution in [-0.2, 0) is 14.3 Å². The van der Waals surface area contributed by atoms with Crippen LogP contribution >= 0.6 is 0 Å². The third-order valence-corrected chi connectivity index (χ3v) is 4.63. The molecule has 4 nitrogen and oxygen atoms in total. The normalized spacial score (nSPS) is 11.9. The molecule has 0 unspecified atom stereocenters. The summed E-state index contributed by atoms with van der Waals surface area (Å²) in [5, 5.41) is 8.55. The molecule has 0 atom stereocenters. The molecule has 0 aromatic rings. The Morgan fingerprint density at radius 2 is 1.30 bits per heavy atom. The lowest BCUT2D eigenvalue weighted by Gasteiger charge is -2.05. The number of hydrogen-bond donors (Lipinski definition) is 1. The lowest BCUT2D eigenvalue weighted by Crippen LogP contribution is -2.12. The minimum Gasteiger partial charge on any atom is -0.396 e. The van der Waals surface area contributed by atoms with Crippen molar-refractivity contribution < 1.29 is 17.7 Å². The van der Waals surface area contributed by atoms with Gasteiger partial charge >= 0.3 is 0 Å². The molecule has 0 radical (unpaired) electrons. The van der Waals surface area contributed by atoms with Gasteiger partial charge in [0.1, 0.15) is 0 Å². The maximum absolute atomic E-state index is 11.4. The number of aliphatic hydroxyl groups excluding tert-OH is 1. The zero-order valence-electron chi connectivity index (χ0n) is 13.0. The molecule has 0 fully saturated rings. The van der Waals surface area contributed by atoms with Crippen LogP contribution in [0.15, 0.2) is 0 Å². The highest BCUT2D eigenvalue weighted by Crippen LogP contribution is 2.11. The van der Waals surface area contributed by atoms with Gasteiger partial charge in [0.25, 0.3) is 10.1 Å². The molecule has 0 aromatic carbocycles. The van der Waals surface area contributed by atoms with E-state index in [9.17, 15) is 8.42 Å². The van der Waals surface area contributed by atoms with Crippen molar-refractivity contribution in [2.24, 2.45) is 0 Å². The molecule has 122 valence electrons. The topological polar surface area (TPSA) is 63.6 Å². The summed E-state index contributed by atoms with van der Waals surface area (Å²) < 4.78 is 27.6. The summed E-state index contributed by atoms with van der Waals surface area (Å²) >= 11 is 0. The molecule has 0 bridgehead atoms. The minimum atomic E-state index is -3.37. The van der Waals surface area contributed by atoms with Crippen molar-refractivity contribution in [3.63, 3.8) is 0 Å². The van der Waals surface area contributed by atoms with Crippen LogP contribution in [-0.4, -0.2) is 32.5 Å². The Kier molecular flexibility index (Phi) is 13.7. The van der Waals surface area contributed by atoms with Gasteiger partial charge in [0.15, 0.2) is 0 Å². The van der Waals surface area contributed by atoms with Crippen LogP contribution in [0.5, 0.6) is 0 Å². The molecule has 0 aliphatic heterocycles. The molecule has 1 N–H and O–H groups in total. The van der Waals surface area contributed by atoms with Gasteiger partial charge in [-0.1, -0.05) is 64.7 Å². The van der Waals surface area contributed by atoms with E-state index in [0.29, 0.717) is 12.8 Å². The fourth-order valence-corrected chi connectivity index (χ4v) is 3.12. The smallest absolute Gasteiger partial charge is 0.267 e. The van der Waals surface area contributed by atoms with Crippen LogP contribution in [0.4, 0.5) is 0 Å². The highest BCUT2D eigenvalue weighted by atomic mass is 32.2. The standard InChI is InChI=1S/C15H32O4S/c1-2-3-4-5-6-7-8-9-10-11-15-20(17,18)19-14-12-13-16/h16H,2-15H2,1H3. The fourth-order valence-electron chi connectivity index (χ4n) is 2.08. The maximum atomic E-state index is 11.4. The summed E-state index contributed by atoms with van der Waals surface area (Å²) in [6, 6.07) is 0. The molecule has 0 aliphatic carbocycles. The number of rotatable bonds is 15. The largest absolute Gasteiger partial charge is 0.396 e. The van der Waals surface area contributed by atoms with E-state index < -0.39 is 10.1 Å². The van der Waals surface area contributed by atoms with Crippen molar-refractivity contribution in [3.05, 3.63) is 0 Å². The molecule has 20 heavy (non-hydrogen) atoms. The van der Waals surface area contributed by atoms with Crippen LogP contribution in [0.1, 0.15) is 77.6 Å².